The molecular formula is C7H17MgN+2. The molecule has 0 atom stereocenters. The number of hydrogen-bond acceptors (Lipinski definition) is 1. The van der Waals surface area contributed by atoms with Crippen molar-refractivity contribution in [2.24, 2.45) is 11.1 Å². The van der Waals surface area contributed by atoms with Crippen LogP contribution in [0, 0.1) is 5.41 Å². The van der Waals surface area contributed by atoms with Crippen LogP contribution < -0.4 is 5.73 Å². The van der Waals surface area contributed by atoms with Gasteiger partial charge in [0.1, 0.15) is 0 Å². The van der Waals surface area contributed by atoms with E-state index < -0.39 is 0 Å². The Morgan fingerprint density at radius 1 is 0.889 bits per heavy atom. The fourth-order valence-corrected chi connectivity index (χ4v) is 0. The molecule has 0 aliphatic rings. The molecule has 0 aromatic rings. The van der Waals surface area contributed by atoms with Crippen LogP contribution in [0.25, 0.3) is 0 Å². The van der Waals surface area contributed by atoms with Gasteiger partial charge in [-0.2, -0.15) is 0 Å². The summed E-state index contributed by atoms with van der Waals surface area (Å²) in [5.74, 6) is 0. The van der Waals surface area contributed by atoms with Crippen LogP contribution in [0.4, 0.5) is 0 Å². The third-order valence-corrected chi connectivity index (χ3v) is 1.93. The van der Waals surface area contributed by atoms with Crippen LogP contribution in [0.5, 0.6) is 0 Å². The van der Waals surface area contributed by atoms with Crippen LogP contribution in [-0.4, -0.2) is 28.6 Å². The van der Waals surface area contributed by atoms with Crippen LogP contribution in [0.15, 0.2) is 0 Å². The monoisotopic (exact) mass is 139 g/mol. The minimum Gasteiger partial charge on any atom is -0.325 e. The van der Waals surface area contributed by atoms with Gasteiger partial charge in [-0.05, 0) is 19.3 Å². The molecule has 0 unspecified atom stereocenters. The SMILES string of the molecule is CC(C)(C)C(C)(C)N.[Mg+2]. The number of nitrogens with two attached hydrogens (primary N) is 1. The molecule has 0 aliphatic carbocycles. The van der Waals surface area contributed by atoms with Crippen LogP contribution in [0.3, 0.4) is 0 Å². The number of hydrogen-bond donors (Lipinski definition) is 1. The van der Waals surface area contributed by atoms with E-state index >= 15 is 0 Å². The summed E-state index contributed by atoms with van der Waals surface area (Å²) in [6.07, 6.45) is 0. The topological polar surface area (TPSA) is 26.0 Å². The van der Waals surface area contributed by atoms with E-state index in [4.69, 9.17) is 5.73 Å². The third-order valence-electron chi connectivity index (χ3n) is 1.93. The van der Waals surface area contributed by atoms with E-state index in [9.17, 15) is 0 Å². The molecule has 0 aromatic heterocycles. The van der Waals surface area contributed by atoms with E-state index in [2.05, 4.69) is 20.8 Å². The van der Waals surface area contributed by atoms with Crippen molar-refractivity contribution in [3.05, 3.63) is 0 Å². The predicted molar refractivity (Wildman–Crippen MR) is 43.5 cm³/mol. The molecule has 0 aromatic carbocycles. The average Bonchev–Trinajstić information content (AvgIpc) is 1.25. The minimum atomic E-state index is -0.0625. The molecule has 50 valence electrons. The Hall–Kier alpha value is 0.726. The Balaban J connectivity index is 0. The van der Waals surface area contributed by atoms with E-state index in [0.717, 1.165) is 0 Å². The quantitative estimate of drug-likeness (QED) is 0.505. The second-order valence-electron chi connectivity index (χ2n) is 3.97. The molecule has 1 nitrogen and oxygen atoms in total. The summed E-state index contributed by atoms with van der Waals surface area (Å²) in [6, 6.07) is 0. The molecule has 0 radical (unpaired) electrons. The van der Waals surface area contributed by atoms with Crippen molar-refractivity contribution >= 4 is 23.1 Å². The van der Waals surface area contributed by atoms with Crippen LogP contribution >= 0.6 is 0 Å². The van der Waals surface area contributed by atoms with Gasteiger partial charge in [0.05, 0.1) is 0 Å². The molecule has 0 saturated heterocycles. The Kier molecular flexibility index (Phi) is 4.43. The molecular weight excluding hydrogens is 122 g/mol. The van der Waals surface area contributed by atoms with Gasteiger partial charge in [-0.25, -0.2) is 0 Å². The zero-order valence-electron chi connectivity index (χ0n) is 7.28. The largest absolute Gasteiger partial charge is 2.00 e. The van der Waals surface area contributed by atoms with E-state index in [1.165, 1.54) is 0 Å². The van der Waals surface area contributed by atoms with Gasteiger partial charge in [0.25, 0.3) is 0 Å². The van der Waals surface area contributed by atoms with Gasteiger partial charge in [-0.3, -0.25) is 0 Å². The minimum absolute atomic E-state index is 0. The Morgan fingerprint density at radius 2 is 1.00 bits per heavy atom. The summed E-state index contributed by atoms with van der Waals surface area (Å²) in [7, 11) is 0. The third kappa shape index (κ3) is 4.17. The smallest absolute Gasteiger partial charge is 0.325 e. The molecule has 0 amide bonds. The van der Waals surface area contributed by atoms with Crippen molar-refractivity contribution in [2.75, 3.05) is 0 Å². The van der Waals surface area contributed by atoms with Crippen molar-refractivity contribution in [1.82, 2.24) is 0 Å². The molecule has 2 N–H and O–H groups in total. The van der Waals surface area contributed by atoms with Gasteiger partial charge < -0.3 is 5.73 Å². The van der Waals surface area contributed by atoms with Gasteiger partial charge in [0.2, 0.25) is 0 Å². The van der Waals surface area contributed by atoms with Gasteiger partial charge in [-0.1, -0.05) is 20.8 Å². The molecule has 0 saturated carbocycles. The van der Waals surface area contributed by atoms with E-state index in [1.54, 1.807) is 0 Å². The van der Waals surface area contributed by atoms with Crippen molar-refractivity contribution in [3.8, 4) is 0 Å². The summed E-state index contributed by atoms with van der Waals surface area (Å²) in [6.45, 7) is 10.5. The average molecular weight is 140 g/mol. The molecule has 0 rings (SSSR count). The second-order valence-corrected chi connectivity index (χ2v) is 3.97. The zero-order chi connectivity index (χ0) is 7.00. The Bertz CT molecular complexity index is 63.9. The van der Waals surface area contributed by atoms with Crippen LogP contribution in [-0.2, 0) is 0 Å². The summed E-state index contributed by atoms with van der Waals surface area (Å²) in [4.78, 5) is 0. The molecule has 0 aliphatic heterocycles. The molecule has 0 fully saturated rings. The first-order chi connectivity index (χ1) is 3.25. The normalized spacial score (nSPS) is 12.7. The Labute approximate surface area is 74.5 Å². The van der Waals surface area contributed by atoms with Crippen LogP contribution in [0.1, 0.15) is 34.6 Å². The standard InChI is InChI=1S/C7H17N.Mg/c1-6(2,3)7(4,5)8;/h8H2,1-5H3;/q;+2. The van der Waals surface area contributed by atoms with Gasteiger partial charge in [0.15, 0.2) is 0 Å². The van der Waals surface area contributed by atoms with Crippen molar-refractivity contribution < 1.29 is 0 Å². The first-order valence-electron chi connectivity index (χ1n) is 3.04. The maximum absolute atomic E-state index is 5.81. The zero-order valence-corrected chi connectivity index (χ0v) is 8.70. The van der Waals surface area contributed by atoms with E-state index in [0.29, 0.717) is 0 Å². The summed E-state index contributed by atoms with van der Waals surface area (Å²) in [5.41, 5.74) is 5.97. The molecule has 2 heteroatoms. The fraction of sp³-hybridized carbons (Fsp3) is 1.00. The second kappa shape index (κ2) is 3.22. The molecule has 0 bridgehead atoms. The van der Waals surface area contributed by atoms with Gasteiger partial charge in [0, 0.05) is 5.54 Å². The van der Waals surface area contributed by atoms with Gasteiger partial charge in [-0.15, -0.1) is 0 Å². The summed E-state index contributed by atoms with van der Waals surface area (Å²) < 4.78 is 0. The first-order valence-corrected chi connectivity index (χ1v) is 3.04. The van der Waals surface area contributed by atoms with Crippen molar-refractivity contribution in [3.63, 3.8) is 0 Å². The Morgan fingerprint density at radius 3 is 1.00 bits per heavy atom. The first kappa shape index (κ1) is 12.4. The van der Waals surface area contributed by atoms with E-state index in [1.807, 2.05) is 13.8 Å². The van der Waals surface area contributed by atoms with Crippen molar-refractivity contribution in [1.29, 1.82) is 0 Å². The number of rotatable bonds is 0. The predicted octanol–water partition coefficient (Wildman–Crippen LogP) is 1.39. The fourth-order valence-electron chi connectivity index (χ4n) is 0. The maximum Gasteiger partial charge on any atom is 2.00 e. The van der Waals surface area contributed by atoms with E-state index in [-0.39, 0.29) is 34.0 Å². The van der Waals surface area contributed by atoms with Crippen LogP contribution in [0.2, 0.25) is 0 Å². The van der Waals surface area contributed by atoms with Crippen molar-refractivity contribution in [2.45, 2.75) is 40.2 Å². The molecule has 9 heavy (non-hydrogen) atoms. The maximum atomic E-state index is 5.81. The molecule has 0 spiro atoms. The van der Waals surface area contributed by atoms with Gasteiger partial charge >= 0.3 is 23.1 Å². The molecule has 0 heterocycles. The summed E-state index contributed by atoms with van der Waals surface area (Å²) in [5, 5.41) is 0. The summed E-state index contributed by atoms with van der Waals surface area (Å²) >= 11 is 0.